The third-order valence-corrected chi connectivity index (χ3v) is 5.95. The molecule has 3 aromatic rings. The molecule has 0 saturated carbocycles. The van der Waals surface area contributed by atoms with Crippen molar-refractivity contribution in [2.24, 2.45) is 5.10 Å². The molecule has 0 radical (unpaired) electrons. The minimum absolute atomic E-state index is 0.0238. The molecule has 2 atom stereocenters. The molecule has 2 N–H and O–H groups in total. The first-order valence-electron chi connectivity index (χ1n) is 10.4. The average molecular weight is 432 g/mol. The zero-order chi connectivity index (χ0) is 22.4. The first-order chi connectivity index (χ1) is 15.5. The van der Waals surface area contributed by atoms with E-state index in [0.717, 1.165) is 22.4 Å². The van der Waals surface area contributed by atoms with Gasteiger partial charge in [0.25, 0.3) is 0 Å². The Morgan fingerprint density at radius 3 is 2.53 bits per heavy atom. The molecular weight excluding hydrogens is 408 g/mol. The van der Waals surface area contributed by atoms with E-state index in [-0.39, 0.29) is 17.5 Å². The second kappa shape index (κ2) is 7.67. The minimum atomic E-state index is -0.593. The van der Waals surface area contributed by atoms with E-state index in [4.69, 9.17) is 19.3 Å². The molecule has 3 aromatic carbocycles. The van der Waals surface area contributed by atoms with Crippen LogP contribution >= 0.6 is 0 Å². The number of hydrogen-bond donors (Lipinski definition) is 2. The molecule has 164 valence electrons. The number of phenolic OH excluding ortho intramolecular Hbond substituents is 2. The molecule has 0 spiro atoms. The monoisotopic (exact) mass is 432 g/mol. The highest BCUT2D eigenvalue weighted by Crippen LogP contribution is 2.51. The van der Waals surface area contributed by atoms with Crippen molar-refractivity contribution in [3.8, 4) is 28.7 Å². The molecule has 32 heavy (non-hydrogen) atoms. The van der Waals surface area contributed by atoms with E-state index in [1.54, 1.807) is 25.3 Å². The van der Waals surface area contributed by atoms with E-state index in [2.05, 4.69) is 0 Å². The summed E-state index contributed by atoms with van der Waals surface area (Å²) in [5.74, 6) is 1.89. The third kappa shape index (κ3) is 3.17. The highest BCUT2D eigenvalue weighted by atomic mass is 16.5. The zero-order valence-electron chi connectivity index (χ0n) is 18.1. The summed E-state index contributed by atoms with van der Waals surface area (Å²) in [6.45, 7) is 1.98. The summed E-state index contributed by atoms with van der Waals surface area (Å²) in [6.07, 6.45) is 0.00387. The van der Waals surface area contributed by atoms with E-state index in [1.807, 2.05) is 48.3 Å². The maximum Gasteiger partial charge on any atom is 0.214 e. The molecular formula is C25H24N2O5. The fourth-order valence-electron chi connectivity index (χ4n) is 4.37. The van der Waals surface area contributed by atoms with Gasteiger partial charge < -0.3 is 24.4 Å². The lowest BCUT2D eigenvalue weighted by molar-refractivity contribution is -0.0210. The summed E-state index contributed by atoms with van der Waals surface area (Å²) in [5, 5.41) is 27.6. The van der Waals surface area contributed by atoms with Crippen molar-refractivity contribution in [2.45, 2.75) is 25.6 Å². The van der Waals surface area contributed by atoms with Crippen molar-refractivity contribution in [1.82, 2.24) is 5.01 Å². The van der Waals surface area contributed by atoms with Crippen LogP contribution in [-0.4, -0.2) is 35.2 Å². The summed E-state index contributed by atoms with van der Waals surface area (Å²) < 4.78 is 17.1. The van der Waals surface area contributed by atoms with Crippen LogP contribution < -0.4 is 14.2 Å². The number of methoxy groups -OCH3 is 2. The number of para-hydroxylation sites is 1. The van der Waals surface area contributed by atoms with Gasteiger partial charge >= 0.3 is 0 Å². The molecule has 0 unspecified atom stereocenters. The van der Waals surface area contributed by atoms with Crippen LogP contribution in [0.3, 0.4) is 0 Å². The Labute approximate surface area is 186 Å². The lowest BCUT2D eigenvalue weighted by Gasteiger charge is -2.38. The van der Waals surface area contributed by atoms with Gasteiger partial charge in [-0.3, -0.25) is 0 Å². The smallest absolute Gasteiger partial charge is 0.214 e. The molecule has 0 bridgehead atoms. The fraction of sp³-hybridized carbons (Fsp3) is 0.240. The Balaban J connectivity index is 1.64. The van der Waals surface area contributed by atoms with E-state index in [9.17, 15) is 10.2 Å². The Hall–Kier alpha value is -3.87. The van der Waals surface area contributed by atoms with Gasteiger partial charge in [-0.1, -0.05) is 23.8 Å². The van der Waals surface area contributed by atoms with Crippen molar-refractivity contribution in [2.75, 3.05) is 14.2 Å². The number of ether oxygens (including phenoxy) is 3. The number of hydrogen-bond acceptors (Lipinski definition) is 7. The van der Waals surface area contributed by atoms with Crippen LogP contribution in [0.1, 0.15) is 40.9 Å². The molecule has 0 saturated heterocycles. The highest BCUT2D eigenvalue weighted by Gasteiger charge is 2.42. The van der Waals surface area contributed by atoms with E-state index < -0.39 is 6.23 Å². The Bertz CT molecular complexity index is 1220. The van der Waals surface area contributed by atoms with Crippen molar-refractivity contribution < 1.29 is 24.4 Å². The normalized spacial score (nSPS) is 19.0. The van der Waals surface area contributed by atoms with Crippen LogP contribution in [-0.2, 0) is 0 Å². The first-order valence-corrected chi connectivity index (χ1v) is 10.4. The molecule has 0 aromatic heterocycles. The number of rotatable bonds is 4. The molecule has 2 aliphatic rings. The SMILES string of the molecule is COc1ccc([C@H]2Oc3c(OC)cccc3[C@@H]3CC(c4cc(C)ccc4O)=NN23)cc1O. The van der Waals surface area contributed by atoms with Crippen LogP contribution in [0.25, 0.3) is 0 Å². The summed E-state index contributed by atoms with van der Waals surface area (Å²) >= 11 is 0. The Morgan fingerprint density at radius 2 is 1.78 bits per heavy atom. The van der Waals surface area contributed by atoms with Gasteiger partial charge in [-0.2, -0.15) is 5.10 Å². The molecule has 0 amide bonds. The molecule has 2 aliphatic heterocycles. The zero-order valence-corrected chi connectivity index (χ0v) is 18.1. The Kier molecular flexibility index (Phi) is 4.81. The molecule has 0 aliphatic carbocycles. The first kappa shape index (κ1) is 20.1. The van der Waals surface area contributed by atoms with Crippen molar-refractivity contribution >= 4 is 5.71 Å². The minimum Gasteiger partial charge on any atom is -0.507 e. The highest BCUT2D eigenvalue weighted by molar-refractivity contribution is 6.04. The van der Waals surface area contributed by atoms with Gasteiger partial charge in [0.05, 0.1) is 26.0 Å². The quantitative estimate of drug-likeness (QED) is 0.624. The predicted molar refractivity (Wildman–Crippen MR) is 120 cm³/mol. The number of benzene rings is 3. The lowest BCUT2D eigenvalue weighted by atomic mass is 9.94. The van der Waals surface area contributed by atoms with Crippen LogP contribution in [0.2, 0.25) is 0 Å². The van der Waals surface area contributed by atoms with Gasteiger partial charge in [0.15, 0.2) is 23.0 Å². The number of fused-ring (bicyclic) bond motifs is 3. The maximum absolute atomic E-state index is 10.5. The topological polar surface area (TPSA) is 83.8 Å². The van der Waals surface area contributed by atoms with Crippen LogP contribution in [0.5, 0.6) is 28.7 Å². The maximum atomic E-state index is 10.5. The molecule has 2 heterocycles. The second-order valence-corrected chi connectivity index (χ2v) is 7.95. The van der Waals surface area contributed by atoms with Crippen LogP contribution in [0.15, 0.2) is 59.7 Å². The number of phenols is 2. The fourth-order valence-corrected chi connectivity index (χ4v) is 4.37. The molecule has 7 heteroatoms. The van der Waals surface area contributed by atoms with Crippen molar-refractivity contribution in [1.29, 1.82) is 0 Å². The van der Waals surface area contributed by atoms with Gasteiger partial charge in [0.2, 0.25) is 6.23 Å². The number of aromatic hydroxyl groups is 2. The predicted octanol–water partition coefficient (Wildman–Crippen LogP) is 4.67. The molecule has 0 fully saturated rings. The molecule has 5 rings (SSSR count). The van der Waals surface area contributed by atoms with Crippen molar-refractivity contribution in [3.05, 3.63) is 76.9 Å². The van der Waals surface area contributed by atoms with Gasteiger partial charge in [-0.25, -0.2) is 5.01 Å². The standard InChI is InChI=1S/C25H24N2O5/c1-14-7-9-20(28)17(11-14)18-13-19-16-5-4-6-23(31-3)24(16)32-25(27(19)26-18)15-8-10-22(30-2)21(29)12-15/h4-12,19,25,28-29H,13H2,1-3H3/t19-,25+/m0/s1. The summed E-state index contributed by atoms with van der Waals surface area (Å²) in [5.41, 5.74) is 4.21. The summed E-state index contributed by atoms with van der Waals surface area (Å²) in [4.78, 5) is 0. The van der Waals surface area contributed by atoms with E-state index in [0.29, 0.717) is 29.2 Å². The largest absolute Gasteiger partial charge is 0.507 e. The summed E-state index contributed by atoms with van der Waals surface area (Å²) in [7, 11) is 3.12. The summed E-state index contributed by atoms with van der Waals surface area (Å²) in [6, 6.07) is 16.4. The van der Waals surface area contributed by atoms with Gasteiger partial charge in [0, 0.05) is 23.1 Å². The molecule has 7 nitrogen and oxygen atoms in total. The van der Waals surface area contributed by atoms with Crippen molar-refractivity contribution in [3.63, 3.8) is 0 Å². The van der Waals surface area contributed by atoms with Crippen LogP contribution in [0, 0.1) is 6.92 Å². The van der Waals surface area contributed by atoms with Gasteiger partial charge in [-0.15, -0.1) is 0 Å². The number of aryl methyl sites for hydroxylation is 1. The third-order valence-electron chi connectivity index (χ3n) is 5.95. The Morgan fingerprint density at radius 1 is 0.969 bits per heavy atom. The van der Waals surface area contributed by atoms with E-state index >= 15 is 0 Å². The number of hydrazone groups is 1. The van der Waals surface area contributed by atoms with Gasteiger partial charge in [-0.05, 0) is 43.3 Å². The second-order valence-electron chi connectivity index (χ2n) is 7.95. The van der Waals surface area contributed by atoms with Gasteiger partial charge in [0.1, 0.15) is 5.75 Å². The van der Waals surface area contributed by atoms with E-state index in [1.165, 1.54) is 7.11 Å². The van der Waals surface area contributed by atoms with Crippen LogP contribution in [0.4, 0.5) is 0 Å². The lowest BCUT2D eigenvalue weighted by Crippen LogP contribution is -2.33. The number of nitrogens with zero attached hydrogens (tertiary/aromatic N) is 2. The average Bonchev–Trinajstić information content (AvgIpc) is 3.25.